The minimum atomic E-state index is -1.30. The normalized spacial score (nSPS) is 9.69. The van der Waals surface area contributed by atoms with Crippen molar-refractivity contribution < 1.29 is 18.5 Å². The van der Waals surface area contributed by atoms with E-state index in [0.717, 1.165) is 0 Å². The minimum Gasteiger partial charge on any atom is -0.298 e. The van der Waals surface area contributed by atoms with Crippen LogP contribution in [0.3, 0.4) is 0 Å². The van der Waals surface area contributed by atoms with E-state index in [1.807, 2.05) is 0 Å². The van der Waals surface area contributed by atoms with Gasteiger partial charge in [0.05, 0.1) is 10.5 Å². The van der Waals surface area contributed by atoms with Gasteiger partial charge in [-0.2, -0.15) is 4.39 Å². The van der Waals surface area contributed by atoms with E-state index in [0.29, 0.717) is 12.1 Å². The fourth-order valence-electron chi connectivity index (χ4n) is 0.784. The van der Waals surface area contributed by atoms with Gasteiger partial charge in [0.25, 0.3) is 0 Å². The number of aldehydes is 1. The summed E-state index contributed by atoms with van der Waals surface area (Å²) >= 11 is 0. The Labute approximate surface area is 70.9 Å². The van der Waals surface area contributed by atoms with Crippen molar-refractivity contribution in [1.82, 2.24) is 0 Å². The summed E-state index contributed by atoms with van der Waals surface area (Å²) < 4.78 is 25.2. The van der Waals surface area contributed by atoms with Crippen LogP contribution in [0.25, 0.3) is 0 Å². The molecule has 1 aromatic carbocycles. The maximum Gasteiger partial charge on any atom is 0.305 e. The van der Waals surface area contributed by atoms with Crippen molar-refractivity contribution in [3.05, 3.63) is 39.4 Å². The quantitative estimate of drug-likeness (QED) is 0.402. The maximum atomic E-state index is 12.6. The summed E-state index contributed by atoms with van der Waals surface area (Å²) in [6.45, 7) is 0. The summed E-state index contributed by atoms with van der Waals surface area (Å²) in [5.41, 5.74) is -1.45. The van der Waals surface area contributed by atoms with E-state index < -0.39 is 27.8 Å². The number of nitrogens with zero attached hydrogens (tertiary/aromatic N) is 1. The largest absolute Gasteiger partial charge is 0.305 e. The Morgan fingerprint density at radius 3 is 2.38 bits per heavy atom. The highest BCUT2D eigenvalue weighted by Gasteiger charge is 2.17. The molecule has 68 valence electrons. The molecule has 0 fully saturated rings. The number of hydrogen-bond acceptors (Lipinski definition) is 3. The third kappa shape index (κ3) is 1.66. The van der Waals surface area contributed by atoms with E-state index >= 15 is 0 Å². The van der Waals surface area contributed by atoms with Crippen LogP contribution in [0.15, 0.2) is 12.1 Å². The third-order valence-electron chi connectivity index (χ3n) is 1.39. The number of benzene rings is 1. The lowest BCUT2D eigenvalue weighted by atomic mass is 10.2. The van der Waals surface area contributed by atoms with Crippen molar-refractivity contribution in [3.8, 4) is 0 Å². The van der Waals surface area contributed by atoms with Crippen molar-refractivity contribution in [2.75, 3.05) is 0 Å². The van der Waals surface area contributed by atoms with Gasteiger partial charge in [-0.15, -0.1) is 0 Å². The number of halogens is 2. The van der Waals surface area contributed by atoms with Crippen molar-refractivity contribution in [3.63, 3.8) is 0 Å². The van der Waals surface area contributed by atoms with Gasteiger partial charge in [-0.25, -0.2) is 4.39 Å². The summed E-state index contributed by atoms with van der Waals surface area (Å²) in [4.78, 5) is 19.2. The molecule has 0 saturated heterocycles. The number of nitro benzene ring substituents is 1. The Balaban J connectivity index is 3.38. The Bertz CT molecular complexity index is 378. The van der Waals surface area contributed by atoms with Gasteiger partial charge in [0, 0.05) is 12.1 Å². The summed E-state index contributed by atoms with van der Waals surface area (Å²) in [7, 11) is 0. The average Bonchev–Trinajstić information content (AvgIpc) is 2.03. The van der Waals surface area contributed by atoms with Gasteiger partial charge in [-0.1, -0.05) is 0 Å². The molecule has 0 N–H and O–H groups in total. The second-order valence-corrected chi connectivity index (χ2v) is 2.20. The zero-order valence-corrected chi connectivity index (χ0v) is 6.16. The molecular formula is C7H3F2NO3. The number of nitro groups is 1. The van der Waals surface area contributed by atoms with Crippen LogP contribution in [-0.2, 0) is 0 Å². The zero-order valence-electron chi connectivity index (χ0n) is 6.16. The highest BCUT2D eigenvalue weighted by atomic mass is 19.1. The van der Waals surface area contributed by atoms with Gasteiger partial charge < -0.3 is 0 Å². The molecule has 1 aromatic rings. The topological polar surface area (TPSA) is 60.2 Å². The summed E-state index contributed by atoms with van der Waals surface area (Å²) in [5.74, 6) is -2.41. The van der Waals surface area contributed by atoms with E-state index in [9.17, 15) is 23.7 Å². The lowest BCUT2D eigenvalue weighted by Crippen LogP contribution is -1.97. The summed E-state index contributed by atoms with van der Waals surface area (Å²) in [6.07, 6.45) is 0.0851. The van der Waals surface area contributed by atoms with Gasteiger partial charge in [0.1, 0.15) is 5.82 Å². The van der Waals surface area contributed by atoms with Crippen LogP contribution in [-0.4, -0.2) is 11.2 Å². The second-order valence-electron chi connectivity index (χ2n) is 2.20. The first-order chi connectivity index (χ1) is 6.06. The molecule has 0 unspecified atom stereocenters. The smallest absolute Gasteiger partial charge is 0.298 e. The fraction of sp³-hybridized carbons (Fsp3) is 0. The standard InChI is InChI=1S/C7H3F2NO3/c8-5-2-6(9)7(10(12)13)1-4(5)3-11/h1-3H. The predicted octanol–water partition coefficient (Wildman–Crippen LogP) is 1.69. The molecular weight excluding hydrogens is 184 g/mol. The predicted molar refractivity (Wildman–Crippen MR) is 38.4 cm³/mol. The van der Waals surface area contributed by atoms with Crippen LogP contribution in [0.4, 0.5) is 14.5 Å². The Morgan fingerprint density at radius 2 is 1.92 bits per heavy atom. The van der Waals surface area contributed by atoms with Crippen LogP contribution in [0, 0.1) is 21.7 Å². The highest BCUT2D eigenvalue weighted by Crippen LogP contribution is 2.20. The Kier molecular flexibility index (Phi) is 2.32. The molecule has 6 heteroatoms. The summed E-state index contributed by atoms with van der Waals surface area (Å²) in [6, 6.07) is 0.861. The Hall–Kier alpha value is -1.85. The lowest BCUT2D eigenvalue weighted by Gasteiger charge is -1.96. The van der Waals surface area contributed by atoms with Gasteiger partial charge in [0.2, 0.25) is 5.82 Å². The second kappa shape index (κ2) is 3.26. The van der Waals surface area contributed by atoms with E-state index in [1.165, 1.54) is 0 Å². The Morgan fingerprint density at radius 1 is 1.31 bits per heavy atom. The first-order valence-electron chi connectivity index (χ1n) is 3.15. The molecule has 0 aliphatic heterocycles. The molecule has 0 saturated carbocycles. The van der Waals surface area contributed by atoms with Gasteiger partial charge in [0.15, 0.2) is 6.29 Å². The number of hydrogen-bond donors (Lipinski definition) is 0. The summed E-state index contributed by atoms with van der Waals surface area (Å²) in [5, 5.41) is 10.1. The molecule has 0 radical (unpaired) electrons. The molecule has 0 heterocycles. The molecule has 0 spiro atoms. The molecule has 0 atom stereocenters. The SMILES string of the molecule is O=Cc1cc([N+](=O)[O-])c(F)cc1F. The van der Waals surface area contributed by atoms with Crippen molar-refractivity contribution in [2.45, 2.75) is 0 Å². The van der Waals surface area contributed by atoms with Gasteiger partial charge in [-0.3, -0.25) is 14.9 Å². The first-order valence-corrected chi connectivity index (χ1v) is 3.15. The van der Waals surface area contributed by atoms with Crippen LogP contribution in [0.2, 0.25) is 0 Å². The van der Waals surface area contributed by atoms with Gasteiger partial charge >= 0.3 is 5.69 Å². The monoisotopic (exact) mass is 187 g/mol. The lowest BCUT2D eigenvalue weighted by molar-refractivity contribution is -0.387. The molecule has 13 heavy (non-hydrogen) atoms. The van der Waals surface area contributed by atoms with Crippen LogP contribution in [0.1, 0.15) is 10.4 Å². The van der Waals surface area contributed by atoms with Crippen molar-refractivity contribution in [1.29, 1.82) is 0 Å². The number of carbonyl (C=O) groups excluding carboxylic acids is 1. The minimum absolute atomic E-state index is 0.0851. The number of carbonyl (C=O) groups is 1. The van der Waals surface area contributed by atoms with Crippen LogP contribution in [0.5, 0.6) is 0 Å². The van der Waals surface area contributed by atoms with Crippen LogP contribution < -0.4 is 0 Å². The third-order valence-corrected chi connectivity index (χ3v) is 1.39. The molecule has 0 aliphatic carbocycles. The van der Waals surface area contributed by atoms with Crippen LogP contribution >= 0.6 is 0 Å². The molecule has 0 aliphatic rings. The fourth-order valence-corrected chi connectivity index (χ4v) is 0.784. The van der Waals surface area contributed by atoms with E-state index in [4.69, 9.17) is 0 Å². The van der Waals surface area contributed by atoms with Crippen molar-refractivity contribution in [2.24, 2.45) is 0 Å². The first kappa shape index (κ1) is 9.24. The molecule has 1 rings (SSSR count). The van der Waals surface area contributed by atoms with E-state index in [-0.39, 0.29) is 6.29 Å². The van der Waals surface area contributed by atoms with E-state index in [1.54, 1.807) is 0 Å². The molecule has 0 bridgehead atoms. The molecule has 4 nitrogen and oxygen atoms in total. The maximum absolute atomic E-state index is 12.6. The van der Waals surface area contributed by atoms with E-state index in [2.05, 4.69) is 0 Å². The number of rotatable bonds is 2. The highest BCUT2D eigenvalue weighted by molar-refractivity contribution is 5.76. The van der Waals surface area contributed by atoms with Gasteiger partial charge in [-0.05, 0) is 0 Å². The van der Waals surface area contributed by atoms with Crippen molar-refractivity contribution >= 4 is 12.0 Å². The molecule has 0 amide bonds. The average molecular weight is 187 g/mol. The molecule has 0 aromatic heterocycles. The zero-order chi connectivity index (χ0) is 10.0.